The third-order valence-corrected chi connectivity index (χ3v) is 11.5. The van der Waals surface area contributed by atoms with E-state index in [2.05, 4.69) is 0 Å². The Morgan fingerprint density at radius 3 is 2.07 bits per heavy atom. The molecule has 0 aromatic heterocycles. The van der Waals surface area contributed by atoms with Gasteiger partial charge in [0, 0.05) is 6.42 Å². The SMILES string of the molecule is O=S(=O)(/C(=C1\C=CC=CC1)S(=O)(=O)C12CC3CC(CC(F)(C3)C1)C2)C(F)(F)F. The summed E-state index contributed by atoms with van der Waals surface area (Å²) in [5.74, 6) is -0.495. The molecule has 4 bridgehead atoms. The molecule has 0 saturated heterocycles. The van der Waals surface area contributed by atoms with Gasteiger partial charge in [-0.05, 0) is 55.9 Å². The fraction of sp³-hybridized carbons (Fsp3) is 0.667. The molecule has 28 heavy (non-hydrogen) atoms. The molecule has 0 heterocycles. The summed E-state index contributed by atoms with van der Waals surface area (Å²) < 4.78 is 104. The van der Waals surface area contributed by atoms with Crippen molar-refractivity contribution < 1.29 is 34.4 Å². The Bertz CT molecular complexity index is 989. The van der Waals surface area contributed by atoms with Crippen LogP contribution in [0.3, 0.4) is 0 Å². The van der Waals surface area contributed by atoms with Crippen LogP contribution in [0.15, 0.2) is 34.1 Å². The van der Waals surface area contributed by atoms with Gasteiger partial charge in [-0.2, -0.15) is 13.2 Å². The molecule has 0 aliphatic heterocycles. The van der Waals surface area contributed by atoms with Crippen LogP contribution in [0, 0.1) is 11.8 Å². The summed E-state index contributed by atoms with van der Waals surface area (Å²) in [5, 5.41) is 0. The molecule has 4 nitrogen and oxygen atoms in total. The van der Waals surface area contributed by atoms with E-state index in [1.807, 2.05) is 0 Å². The minimum Gasteiger partial charge on any atom is -0.244 e. The molecule has 0 aromatic rings. The van der Waals surface area contributed by atoms with Crippen molar-refractivity contribution in [2.75, 3.05) is 0 Å². The smallest absolute Gasteiger partial charge is 0.244 e. The monoisotopic (exact) mass is 440 g/mol. The van der Waals surface area contributed by atoms with Gasteiger partial charge in [-0.3, -0.25) is 0 Å². The van der Waals surface area contributed by atoms with E-state index in [0.29, 0.717) is 6.42 Å². The Labute approximate surface area is 161 Å². The average molecular weight is 440 g/mol. The first kappa shape index (κ1) is 20.1. The van der Waals surface area contributed by atoms with Gasteiger partial charge >= 0.3 is 5.51 Å². The van der Waals surface area contributed by atoms with Crippen LogP contribution in [0.2, 0.25) is 0 Å². The number of alkyl halides is 4. The third-order valence-electron chi connectivity index (χ3n) is 6.44. The van der Waals surface area contributed by atoms with Crippen molar-refractivity contribution in [3.05, 3.63) is 34.1 Å². The molecule has 4 fully saturated rings. The first-order valence-corrected chi connectivity index (χ1v) is 12.1. The van der Waals surface area contributed by atoms with Crippen LogP contribution >= 0.6 is 0 Å². The molecule has 0 aromatic carbocycles. The van der Waals surface area contributed by atoms with Crippen molar-refractivity contribution in [2.45, 2.75) is 60.9 Å². The molecular weight excluding hydrogens is 420 g/mol. The van der Waals surface area contributed by atoms with Crippen molar-refractivity contribution in [1.29, 1.82) is 0 Å². The molecule has 2 atom stereocenters. The maximum atomic E-state index is 15.2. The van der Waals surface area contributed by atoms with Gasteiger partial charge in [-0.15, -0.1) is 0 Å². The molecule has 4 saturated carbocycles. The summed E-state index contributed by atoms with van der Waals surface area (Å²) in [6.45, 7) is 0. The molecule has 0 amide bonds. The fourth-order valence-corrected chi connectivity index (χ4v) is 10.8. The zero-order chi connectivity index (χ0) is 20.6. The van der Waals surface area contributed by atoms with Gasteiger partial charge < -0.3 is 0 Å². The van der Waals surface area contributed by atoms with E-state index in [1.54, 1.807) is 0 Å². The highest BCUT2D eigenvalue weighted by Gasteiger charge is 2.66. The van der Waals surface area contributed by atoms with Crippen LogP contribution in [-0.4, -0.2) is 32.8 Å². The molecule has 0 N–H and O–H groups in total. The van der Waals surface area contributed by atoms with Crippen molar-refractivity contribution in [3.8, 4) is 0 Å². The molecular formula is C18H20F4O4S2. The van der Waals surface area contributed by atoms with Crippen molar-refractivity contribution in [3.63, 3.8) is 0 Å². The summed E-state index contributed by atoms with van der Waals surface area (Å²) in [4.78, 5) is 0. The van der Waals surface area contributed by atoms with Gasteiger partial charge in [-0.1, -0.05) is 24.3 Å². The van der Waals surface area contributed by atoms with Gasteiger partial charge in [0.05, 0.1) is 4.75 Å². The van der Waals surface area contributed by atoms with Crippen LogP contribution in [0.25, 0.3) is 0 Å². The number of hydrogen-bond donors (Lipinski definition) is 0. The van der Waals surface area contributed by atoms with Gasteiger partial charge in [0.2, 0.25) is 0 Å². The molecule has 0 spiro atoms. The second-order valence-corrected chi connectivity index (χ2v) is 13.0. The van der Waals surface area contributed by atoms with Gasteiger partial charge in [0.1, 0.15) is 5.67 Å². The number of halogens is 4. The molecule has 156 valence electrons. The number of hydrogen-bond acceptors (Lipinski definition) is 4. The highest BCUT2D eigenvalue weighted by molar-refractivity contribution is 8.15. The fourth-order valence-electron chi connectivity index (χ4n) is 5.84. The second-order valence-electron chi connectivity index (χ2n) is 8.55. The predicted octanol–water partition coefficient (Wildman–Crippen LogP) is 4.12. The van der Waals surface area contributed by atoms with Crippen molar-refractivity contribution >= 4 is 19.7 Å². The van der Waals surface area contributed by atoms with Gasteiger partial charge in [0.25, 0.3) is 9.84 Å². The lowest BCUT2D eigenvalue weighted by atomic mass is 9.54. The van der Waals surface area contributed by atoms with E-state index in [1.165, 1.54) is 18.2 Å². The minimum absolute atomic E-state index is 0.0151. The predicted molar refractivity (Wildman–Crippen MR) is 95.1 cm³/mol. The maximum Gasteiger partial charge on any atom is 0.502 e. The summed E-state index contributed by atoms with van der Waals surface area (Å²) >= 11 is 0. The summed E-state index contributed by atoms with van der Waals surface area (Å²) in [6, 6.07) is 0. The van der Waals surface area contributed by atoms with Crippen LogP contribution in [0.4, 0.5) is 17.6 Å². The summed E-state index contributed by atoms with van der Waals surface area (Å²) in [6.07, 6.45) is 5.67. The Morgan fingerprint density at radius 2 is 1.61 bits per heavy atom. The molecule has 0 radical (unpaired) electrons. The third kappa shape index (κ3) is 2.81. The Kier molecular flexibility index (Phi) is 4.26. The topological polar surface area (TPSA) is 68.3 Å². The van der Waals surface area contributed by atoms with E-state index in [4.69, 9.17) is 0 Å². The lowest BCUT2D eigenvalue weighted by Crippen LogP contribution is -2.61. The number of sulfone groups is 2. The van der Waals surface area contributed by atoms with Crippen molar-refractivity contribution in [1.82, 2.24) is 0 Å². The average Bonchev–Trinajstić information content (AvgIpc) is 2.51. The first-order chi connectivity index (χ1) is 12.8. The van der Waals surface area contributed by atoms with E-state index in [-0.39, 0.29) is 43.9 Å². The number of allylic oxidation sites excluding steroid dienone is 5. The van der Waals surface area contributed by atoms with Crippen LogP contribution < -0.4 is 0 Å². The Morgan fingerprint density at radius 1 is 1.00 bits per heavy atom. The van der Waals surface area contributed by atoms with Crippen LogP contribution in [0.1, 0.15) is 44.9 Å². The lowest BCUT2D eigenvalue weighted by Gasteiger charge is -2.58. The Balaban J connectivity index is 1.93. The second kappa shape index (κ2) is 5.93. The number of rotatable bonds is 3. The highest BCUT2D eigenvalue weighted by Crippen LogP contribution is 2.63. The molecule has 5 rings (SSSR count). The van der Waals surface area contributed by atoms with Crippen molar-refractivity contribution in [2.24, 2.45) is 11.8 Å². The quantitative estimate of drug-likeness (QED) is 0.619. The lowest BCUT2D eigenvalue weighted by molar-refractivity contribution is -0.0620. The molecule has 2 unspecified atom stereocenters. The molecule has 5 aliphatic rings. The minimum atomic E-state index is -6.13. The summed E-state index contributed by atoms with van der Waals surface area (Å²) in [7, 11) is -11.1. The maximum absolute atomic E-state index is 15.2. The van der Waals surface area contributed by atoms with Crippen LogP contribution in [-0.2, 0) is 19.7 Å². The summed E-state index contributed by atoms with van der Waals surface area (Å²) in [5.41, 5.74) is -7.92. The van der Waals surface area contributed by atoms with Crippen LogP contribution in [0.5, 0.6) is 0 Å². The highest BCUT2D eigenvalue weighted by atomic mass is 32.3. The van der Waals surface area contributed by atoms with Gasteiger partial charge in [-0.25, -0.2) is 21.2 Å². The first-order valence-electron chi connectivity index (χ1n) is 9.11. The molecule has 10 heteroatoms. The van der Waals surface area contributed by atoms with E-state index in [9.17, 15) is 30.0 Å². The largest absolute Gasteiger partial charge is 0.502 e. The molecule has 5 aliphatic carbocycles. The standard InChI is InChI=1S/C18H20F4O4S2/c19-16-7-12-6-13(8-16)10-17(9-12,11-16)27(23,24)15(14-4-2-1-3-5-14)28(25,26)18(20,21)22/h1-4,12-13H,5-11H2/b15-14+. The van der Waals surface area contributed by atoms with E-state index in [0.717, 1.165) is 6.08 Å². The van der Waals surface area contributed by atoms with E-state index >= 15 is 4.39 Å². The Hall–Kier alpha value is -1.16. The van der Waals surface area contributed by atoms with E-state index < -0.39 is 51.8 Å². The zero-order valence-electron chi connectivity index (χ0n) is 14.9. The normalized spacial score (nSPS) is 39.4. The van der Waals surface area contributed by atoms with Gasteiger partial charge in [0.15, 0.2) is 14.1 Å². The zero-order valence-corrected chi connectivity index (χ0v) is 16.5.